The molecule has 0 saturated heterocycles. The first kappa shape index (κ1) is 16.9. The van der Waals surface area contributed by atoms with Crippen molar-refractivity contribution in [3.05, 3.63) is 84.0 Å². The number of phenolic OH excluding ortho intramolecular Hbond substituents is 2. The molecule has 0 aromatic heterocycles. The molecule has 1 unspecified atom stereocenters. The van der Waals surface area contributed by atoms with Crippen molar-refractivity contribution in [1.82, 2.24) is 0 Å². The van der Waals surface area contributed by atoms with Crippen LogP contribution in [0.25, 0.3) is 0 Å². The molecule has 23 heavy (non-hydrogen) atoms. The Labute approximate surface area is 138 Å². The van der Waals surface area contributed by atoms with E-state index < -0.39 is 0 Å². The molecule has 0 aliphatic heterocycles. The standard InChI is InChI=1S/C21H24O2/c1-4-7-15-14-18(22)10-11-20(15)19(6-3)16-9-12-21(23)17(13-16)8-5-2/h4-5,9-14,19,22-23H,1-2,6-8H2,3H3. The van der Waals surface area contributed by atoms with Crippen LogP contribution in [0.5, 0.6) is 11.5 Å². The molecule has 2 heteroatoms. The lowest BCUT2D eigenvalue weighted by Crippen LogP contribution is -2.04. The van der Waals surface area contributed by atoms with Gasteiger partial charge in [-0.25, -0.2) is 0 Å². The number of rotatable bonds is 7. The van der Waals surface area contributed by atoms with E-state index >= 15 is 0 Å². The maximum absolute atomic E-state index is 9.97. The van der Waals surface area contributed by atoms with E-state index in [4.69, 9.17) is 0 Å². The van der Waals surface area contributed by atoms with Crippen LogP contribution in [-0.2, 0) is 12.8 Å². The van der Waals surface area contributed by atoms with Crippen molar-refractivity contribution in [1.29, 1.82) is 0 Å². The second-order valence-electron chi connectivity index (χ2n) is 5.72. The van der Waals surface area contributed by atoms with E-state index in [0.29, 0.717) is 12.2 Å². The number of hydrogen-bond acceptors (Lipinski definition) is 2. The average Bonchev–Trinajstić information content (AvgIpc) is 2.53. The van der Waals surface area contributed by atoms with Gasteiger partial charge in [-0.2, -0.15) is 0 Å². The van der Waals surface area contributed by atoms with Crippen LogP contribution in [-0.4, -0.2) is 10.2 Å². The normalized spacial score (nSPS) is 11.9. The lowest BCUT2D eigenvalue weighted by molar-refractivity contribution is 0.469. The highest BCUT2D eigenvalue weighted by atomic mass is 16.3. The summed E-state index contributed by atoms with van der Waals surface area (Å²) in [7, 11) is 0. The van der Waals surface area contributed by atoms with Crippen LogP contribution in [0, 0.1) is 0 Å². The molecule has 2 rings (SSSR count). The van der Waals surface area contributed by atoms with Gasteiger partial charge in [-0.1, -0.05) is 37.3 Å². The third-order valence-electron chi connectivity index (χ3n) is 4.14. The molecule has 120 valence electrons. The molecule has 2 aromatic carbocycles. The summed E-state index contributed by atoms with van der Waals surface area (Å²) in [5.41, 5.74) is 4.34. The van der Waals surface area contributed by atoms with Crippen molar-refractivity contribution in [2.24, 2.45) is 0 Å². The van der Waals surface area contributed by atoms with Crippen LogP contribution in [0.15, 0.2) is 61.7 Å². The number of phenols is 2. The van der Waals surface area contributed by atoms with Crippen LogP contribution in [0.3, 0.4) is 0 Å². The van der Waals surface area contributed by atoms with Crippen molar-refractivity contribution < 1.29 is 10.2 Å². The molecule has 0 saturated carbocycles. The van der Waals surface area contributed by atoms with E-state index in [1.54, 1.807) is 18.2 Å². The van der Waals surface area contributed by atoms with E-state index in [0.717, 1.165) is 29.5 Å². The monoisotopic (exact) mass is 308 g/mol. The molecule has 2 nitrogen and oxygen atoms in total. The highest BCUT2D eigenvalue weighted by molar-refractivity contribution is 5.46. The lowest BCUT2D eigenvalue weighted by atomic mass is 9.84. The Morgan fingerprint density at radius 1 is 0.957 bits per heavy atom. The Kier molecular flexibility index (Phi) is 5.64. The fraction of sp³-hybridized carbons (Fsp3) is 0.238. The maximum Gasteiger partial charge on any atom is 0.119 e. The summed E-state index contributed by atoms with van der Waals surface area (Å²) in [5.74, 6) is 0.800. The summed E-state index contributed by atoms with van der Waals surface area (Å²) in [6.07, 6.45) is 5.95. The molecule has 0 amide bonds. The van der Waals surface area contributed by atoms with Crippen LogP contribution in [0.4, 0.5) is 0 Å². The highest BCUT2D eigenvalue weighted by Crippen LogP contribution is 2.34. The fourth-order valence-corrected chi connectivity index (χ4v) is 3.04. The van der Waals surface area contributed by atoms with Crippen LogP contribution >= 0.6 is 0 Å². The zero-order valence-electron chi connectivity index (χ0n) is 13.6. The molecule has 0 spiro atoms. The lowest BCUT2D eigenvalue weighted by Gasteiger charge is -2.20. The Morgan fingerprint density at radius 3 is 2.30 bits per heavy atom. The fourth-order valence-electron chi connectivity index (χ4n) is 3.04. The zero-order chi connectivity index (χ0) is 16.8. The van der Waals surface area contributed by atoms with Crippen molar-refractivity contribution in [2.75, 3.05) is 0 Å². The van der Waals surface area contributed by atoms with Gasteiger partial charge >= 0.3 is 0 Å². The smallest absolute Gasteiger partial charge is 0.119 e. The first-order chi connectivity index (χ1) is 11.1. The molecule has 0 radical (unpaired) electrons. The summed E-state index contributed by atoms with van der Waals surface area (Å²) >= 11 is 0. The summed E-state index contributed by atoms with van der Waals surface area (Å²) in [6.45, 7) is 9.71. The van der Waals surface area contributed by atoms with E-state index in [9.17, 15) is 10.2 Å². The summed E-state index contributed by atoms with van der Waals surface area (Å²) in [6, 6.07) is 11.3. The minimum Gasteiger partial charge on any atom is -0.508 e. The van der Waals surface area contributed by atoms with Gasteiger partial charge in [0.15, 0.2) is 0 Å². The van der Waals surface area contributed by atoms with E-state index in [2.05, 4.69) is 26.1 Å². The maximum atomic E-state index is 9.97. The van der Waals surface area contributed by atoms with Crippen molar-refractivity contribution in [3.8, 4) is 11.5 Å². The summed E-state index contributed by atoms with van der Waals surface area (Å²) in [5, 5.41) is 19.7. The SMILES string of the molecule is C=CCc1cc(C(CC)c2ccc(O)cc2CC=C)ccc1O. The Hall–Kier alpha value is -2.48. The third-order valence-corrected chi connectivity index (χ3v) is 4.14. The van der Waals surface area contributed by atoms with Gasteiger partial charge in [-0.15, -0.1) is 13.2 Å². The molecule has 0 fully saturated rings. The molecule has 2 aromatic rings. The highest BCUT2D eigenvalue weighted by Gasteiger charge is 2.17. The molecule has 0 aliphatic rings. The summed E-state index contributed by atoms with van der Waals surface area (Å²) < 4.78 is 0. The minimum absolute atomic E-state index is 0.217. The molecule has 0 aliphatic carbocycles. The van der Waals surface area contributed by atoms with Gasteiger partial charge in [0.25, 0.3) is 0 Å². The first-order valence-corrected chi connectivity index (χ1v) is 7.96. The molecule has 0 bridgehead atoms. The molecule has 1 atom stereocenters. The Morgan fingerprint density at radius 2 is 1.65 bits per heavy atom. The molecule has 2 N–H and O–H groups in total. The van der Waals surface area contributed by atoms with E-state index in [1.807, 2.05) is 24.3 Å². The predicted molar refractivity (Wildman–Crippen MR) is 96.1 cm³/mol. The molecular weight excluding hydrogens is 284 g/mol. The number of hydrogen-bond donors (Lipinski definition) is 2. The van der Waals surface area contributed by atoms with Crippen molar-refractivity contribution in [3.63, 3.8) is 0 Å². The summed E-state index contributed by atoms with van der Waals surface area (Å²) in [4.78, 5) is 0. The van der Waals surface area contributed by atoms with Gasteiger partial charge in [-0.05, 0) is 59.7 Å². The average molecular weight is 308 g/mol. The topological polar surface area (TPSA) is 40.5 Å². The molecular formula is C21H24O2. The second-order valence-corrected chi connectivity index (χ2v) is 5.72. The predicted octanol–water partition coefficient (Wildman–Crippen LogP) is 5.10. The van der Waals surface area contributed by atoms with E-state index in [-0.39, 0.29) is 11.7 Å². The largest absolute Gasteiger partial charge is 0.508 e. The van der Waals surface area contributed by atoms with Gasteiger partial charge in [0.1, 0.15) is 11.5 Å². The van der Waals surface area contributed by atoms with Gasteiger partial charge in [-0.3, -0.25) is 0 Å². The van der Waals surface area contributed by atoms with Crippen LogP contribution < -0.4 is 0 Å². The first-order valence-electron chi connectivity index (χ1n) is 7.96. The van der Waals surface area contributed by atoms with E-state index in [1.165, 1.54) is 5.56 Å². The van der Waals surface area contributed by atoms with Gasteiger partial charge in [0, 0.05) is 5.92 Å². The number of aromatic hydroxyl groups is 2. The van der Waals surface area contributed by atoms with Crippen LogP contribution in [0.2, 0.25) is 0 Å². The number of benzene rings is 2. The van der Waals surface area contributed by atoms with Gasteiger partial charge in [0.05, 0.1) is 0 Å². The van der Waals surface area contributed by atoms with Crippen molar-refractivity contribution >= 4 is 0 Å². The Balaban J connectivity index is 2.49. The second kappa shape index (κ2) is 7.68. The quantitative estimate of drug-likeness (QED) is 0.699. The van der Waals surface area contributed by atoms with Crippen LogP contribution in [0.1, 0.15) is 41.5 Å². The molecule has 0 heterocycles. The third kappa shape index (κ3) is 3.84. The number of allylic oxidation sites excluding steroid dienone is 2. The van der Waals surface area contributed by atoms with Gasteiger partial charge < -0.3 is 10.2 Å². The minimum atomic E-state index is 0.217. The van der Waals surface area contributed by atoms with Gasteiger partial charge in [0.2, 0.25) is 0 Å². The Bertz CT molecular complexity index is 701. The van der Waals surface area contributed by atoms with Crippen molar-refractivity contribution in [2.45, 2.75) is 32.1 Å². The zero-order valence-corrected chi connectivity index (χ0v) is 13.6.